The molecule has 0 saturated carbocycles. The summed E-state index contributed by atoms with van der Waals surface area (Å²) in [7, 11) is 1.70. The van der Waals surface area contributed by atoms with Crippen LogP contribution in [0.4, 0.5) is 0 Å². The molecule has 0 radical (unpaired) electrons. The minimum atomic E-state index is 0.497. The summed E-state index contributed by atoms with van der Waals surface area (Å²) in [5.41, 5.74) is 2.15. The molecule has 2 aromatic heterocycles. The van der Waals surface area contributed by atoms with Gasteiger partial charge in [0.25, 0.3) is 0 Å². The van der Waals surface area contributed by atoms with E-state index in [9.17, 15) is 0 Å². The van der Waals surface area contributed by atoms with Crippen LogP contribution >= 0.6 is 11.3 Å². The molecule has 110 valence electrons. The first kappa shape index (κ1) is 15.2. The Morgan fingerprint density at radius 3 is 2.95 bits per heavy atom. The van der Waals surface area contributed by atoms with Crippen molar-refractivity contribution in [1.82, 2.24) is 19.9 Å². The summed E-state index contributed by atoms with van der Waals surface area (Å²) in [4.78, 5) is 9.03. The van der Waals surface area contributed by atoms with E-state index in [4.69, 9.17) is 4.74 Å². The monoisotopic (exact) mass is 294 g/mol. The van der Waals surface area contributed by atoms with E-state index in [1.54, 1.807) is 18.4 Å². The molecule has 6 heteroatoms. The molecule has 0 aromatic carbocycles. The Bertz CT molecular complexity index is 521. The first-order valence-electron chi connectivity index (χ1n) is 6.83. The topological polar surface area (TPSA) is 52.0 Å². The van der Waals surface area contributed by atoms with Crippen LogP contribution in [0.3, 0.4) is 0 Å². The van der Waals surface area contributed by atoms with Gasteiger partial charge >= 0.3 is 0 Å². The number of methoxy groups -OCH3 is 1. The summed E-state index contributed by atoms with van der Waals surface area (Å²) in [6.45, 7) is 7.46. The van der Waals surface area contributed by atoms with E-state index < -0.39 is 0 Å². The number of imidazole rings is 1. The standard InChI is InChI=1S/C14H22N4OS/c1-11(2)14-17-13(9-20-14)8-18-7-12(16-10-18)6-15-4-5-19-3/h7,9-11,15H,4-6,8H2,1-3H3. The zero-order valence-corrected chi connectivity index (χ0v) is 13.1. The Hall–Kier alpha value is -1.24. The summed E-state index contributed by atoms with van der Waals surface area (Å²) < 4.78 is 7.07. The number of hydrogen-bond donors (Lipinski definition) is 1. The fourth-order valence-electron chi connectivity index (χ4n) is 1.82. The number of thiazole rings is 1. The number of hydrogen-bond acceptors (Lipinski definition) is 5. The van der Waals surface area contributed by atoms with E-state index >= 15 is 0 Å². The molecule has 0 spiro atoms. The molecule has 0 saturated heterocycles. The molecule has 5 nitrogen and oxygen atoms in total. The van der Waals surface area contributed by atoms with Gasteiger partial charge in [0.05, 0.1) is 35.9 Å². The lowest BCUT2D eigenvalue weighted by molar-refractivity contribution is 0.199. The molecule has 0 aliphatic carbocycles. The van der Waals surface area contributed by atoms with Crippen molar-refractivity contribution in [3.63, 3.8) is 0 Å². The van der Waals surface area contributed by atoms with E-state index in [0.717, 1.165) is 37.6 Å². The van der Waals surface area contributed by atoms with Gasteiger partial charge in [0, 0.05) is 37.7 Å². The van der Waals surface area contributed by atoms with Crippen molar-refractivity contribution in [2.45, 2.75) is 32.9 Å². The molecule has 1 N–H and O–H groups in total. The van der Waals surface area contributed by atoms with Crippen LogP contribution in [0.2, 0.25) is 0 Å². The highest BCUT2D eigenvalue weighted by molar-refractivity contribution is 7.09. The summed E-state index contributed by atoms with van der Waals surface area (Å²) >= 11 is 1.73. The zero-order chi connectivity index (χ0) is 14.4. The molecule has 2 rings (SSSR count). The van der Waals surface area contributed by atoms with Crippen LogP contribution in [0.5, 0.6) is 0 Å². The van der Waals surface area contributed by atoms with E-state index in [0.29, 0.717) is 5.92 Å². The average Bonchev–Trinajstić information content (AvgIpc) is 3.05. The maximum atomic E-state index is 4.99. The molecule has 0 bridgehead atoms. The van der Waals surface area contributed by atoms with Crippen LogP contribution < -0.4 is 5.32 Å². The Labute approximate surface area is 124 Å². The minimum absolute atomic E-state index is 0.497. The maximum Gasteiger partial charge on any atom is 0.0954 e. The third-order valence-corrected chi connectivity index (χ3v) is 4.08. The van der Waals surface area contributed by atoms with Gasteiger partial charge < -0.3 is 14.6 Å². The predicted molar refractivity (Wildman–Crippen MR) is 81.1 cm³/mol. The van der Waals surface area contributed by atoms with Crippen LogP contribution in [0.15, 0.2) is 17.9 Å². The lowest BCUT2D eigenvalue weighted by Gasteiger charge is -2.01. The first-order valence-corrected chi connectivity index (χ1v) is 7.71. The number of rotatable bonds is 8. The third kappa shape index (κ3) is 4.40. The molecule has 0 fully saturated rings. The maximum absolute atomic E-state index is 4.99. The fraction of sp³-hybridized carbons (Fsp3) is 0.571. The molecular formula is C14H22N4OS. The summed E-state index contributed by atoms with van der Waals surface area (Å²) in [6.07, 6.45) is 3.93. The normalized spacial score (nSPS) is 11.4. The van der Waals surface area contributed by atoms with Gasteiger partial charge in [-0.2, -0.15) is 0 Å². The van der Waals surface area contributed by atoms with Crippen molar-refractivity contribution in [2.24, 2.45) is 0 Å². The summed E-state index contributed by atoms with van der Waals surface area (Å²) in [6, 6.07) is 0. The highest BCUT2D eigenvalue weighted by Gasteiger charge is 2.06. The van der Waals surface area contributed by atoms with Gasteiger partial charge in [-0.05, 0) is 0 Å². The second-order valence-electron chi connectivity index (χ2n) is 5.04. The molecule has 0 aliphatic heterocycles. The quantitative estimate of drug-likeness (QED) is 0.759. The zero-order valence-electron chi connectivity index (χ0n) is 12.3. The van der Waals surface area contributed by atoms with Crippen LogP contribution in [0, 0.1) is 0 Å². The van der Waals surface area contributed by atoms with Gasteiger partial charge in [-0.15, -0.1) is 11.3 Å². The Balaban J connectivity index is 1.85. The highest BCUT2D eigenvalue weighted by Crippen LogP contribution is 2.19. The predicted octanol–water partition coefficient (Wildman–Crippen LogP) is 2.25. The van der Waals surface area contributed by atoms with E-state index in [-0.39, 0.29) is 0 Å². The lowest BCUT2D eigenvalue weighted by Crippen LogP contribution is -2.18. The molecule has 0 amide bonds. The fourth-order valence-corrected chi connectivity index (χ4v) is 2.65. The average molecular weight is 294 g/mol. The number of aromatic nitrogens is 3. The molecule has 0 unspecified atom stereocenters. The van der Waals surface area contributed by atoms with Gasteiger partial charge in [-0.25, -0.2) is 9.97 Å². The van der Waals surface area contributed by atoms with Gasteiger partial charge in [0.1, 0.15) is 0 Å². The molecular weight excluding hydrogens is 272 g/mol. The number of ether oxygens (including phenoxy) is 1. The van der Waals surface area contributed by atoms with Crippen molar-refractivity contribution in [1.29, 1.82) is 0 Å². The van der Waals surface area contributed by atoms with Crippen molar-refractivity contribution in [3.05, 3.63) is 34.3 Å². The van der Waals surface area contributed by atoms with Crippen molar-refractivity contribution in [2.75, 3.05) is 20.3 Å². The van der Waals surface area contributed by atoms with Gasteiger partial charge in [-0.3, -0.25) is 0 Å². The minimum Gasteiger partial charge on any atom is -0.383 e. The SMILES string of the molecule is COCCNCc1cn(Cc2csc(C(C)C)n2)cn1. The second kappa shape index (κ2) is 7.52. The van der Waals surface area contributed by atoms with E-state index in [2.05, 4.69) is 45.3 Å². The van der Waals surface area contributed by atoms with E-state index in [1.165, 1.54) is 5.01 Å². The van der Waals surface area contributed by atoms with Crippen LogP contribution in [0.1, 0.15) is 36.2 Å². The first-order chi connectivity index (χ1) is 9.69. The Kier molecular flexibility index (Phi) is 5.70. The van der Waals surface area contributed by atoms with Gasteiger partial charge in [-0.1, -0.05) is 13.8 Å². The van der Waals surface area contributed by atoms with Gasteiger partial charge in [0.2, 0.25) is 0 Å². The lowest BCUT2D eigenvalue weighted by atomic mass is 10.2. The van der Waals surface area contributed by atoms with Crippen LogP contribution in [-0.4, -0.2) is 34.8 Å². The van der Waals surface area contributed by atoms with Crippen molar-refractivity contribution >= 4 is 11.3 Å². The number of nitrogens with zero attached hydrogens (tertiary/aromatic N) is 3. The van der Waals surface area contributed by atoms with E-state index in [1.807, 2.05) is 6.33 Å². The summed E-state index contributed by atoms with van der Waals surface area (Å²) in [5.74, 6) is 0.497. The Morgan fingerprint density at radius 1 is 1.40 bits per heavy atom. The molecule has 0 aliphatic rings. The Morgan fingerprint density at radius 2 is 2.25 bits per heavy atom. The molecule has 20 heavy (non-hydrogen) atoms. The smallest absolute Gasteiger partial charge is 0.0954 e. The molecule has 2 heterocycles. The van der Waals surface area contributed by atoms with Gasteiger partial charge in [0.15, 0.2) is 0 Å². The molecule has 2 aromatic rings. The summed E-state index contributed by atoms with van der Waals surface area (Å²) in [5, 5.41) is 6.61. The van der Waals surface area contributed by atoms with Crippen LogP contribution in [-0.2, 0) is 17.8 Å². The van der Waals surface area contributed by atoms with Crippen LogP contribution in [0.25, 0.3) is 0 Å². The van der Waals surface area contributed by atoms with Crippen molar-refractivity contribution < 1.29 is 4.74 Å². The third-order valence-electron chi connectivity index (χ3n) is 2.88. The second-order valence-corrected chi connectivity index (χ2v) is 5.93. The molecule has 0 atom stereocenters. The largest absolute Gasteiger partial charge is 0.383 e. The number of nitrogens with one attached hydrogen (secondary N) is 1. The highest BCUT2D eigenvalue weighted by atomic mass is 32.1. The van der Waals surface area contributed by atoms with Crippen molar-refractivity contribution in [3.8, 4) is 0 Å².